The number of hydrogen-bond donors (Lipinski definition) is 1. The van der Waals surface area contributed by atoms with Gasteiger partial charge in [-0.05, 0) is 40.3 Å². The predicted octanol–water partition coefficient (Wildman–Crippen LogP) is 3.56. The van der Waals surface area contributed by atoms with Crippen LogP contribution in [0, 0.1) is 0 Å². The van der Waals surface area contributed by atoms with Gasteiger partial charge in [0.05, 0.1) is 0 Å². The van der Waals surface area contributed by atoms with Crippen molar-refractivity contribution in [2.45, 2.75) is 9.72 Å². The SMILES string of the molecule is N[C@](I)(c1ccc(Br)cc1)C(F)(F)F. The first-order chi connectivity index (χ1) is 6.25. The summed E-state index contributed by atoms with van der Waals surface area (Å²) in [6, 6.07) is 5.76. The van der Waals surface area contributed by atoms with Gasteiger partial charge < -0.3 is 5.73 Å². The van der Waals surface area contributed by atoms with Gasteiger partial charge in [0, 0.05) is 4.47 Å². The zero-order valence-corrected chi connectivity index (χ0v) is 10.5. The molecule has 1 nitrogen and oxygen atoms in total. The van der Waals surface area contributed by atoms with E-state index in [1.807, 2.05) is 0 Å². The maximum atomic E-state index is 12.5. The van der Waals surface area contributed by atoms with Gasteiger partial charge >= 0.3 is 6.18 Å². The Balaban J connectivity index is 3.10. The predicted molar refractivity (Wildman–Crippen MR) is 60.1 cm³/mol. The minimum Gasteiger partial charge on any atom is -0.306 e. The van der Waals surface area contributed by atoms with E-state index in [0.29, 0.717) is 0 Å². The third-order valence-electron chi connectivity index (χ3n) is 1.68. The first kappa shape index (κ1) is 12.3. The molecule has 0 aliphatic rings. The van der Waals surface area contributed by atoms with Crippen molar-refractivity contribution >= 4 is 38.5 Å². The standard InChI is InChI=1S/C8H6BrF3IN/c9-6-3-1-5(2-4-6)7(13,14)8(10,11)12/h1-4H,14H2/t7-/m1/s1. The number of halogens is 5. The molecule has 6 heteroatoms. The van der Waals surface area contributed by atoms with Gasteiger partial charge in [-0.3, -0.25) is 0 Å². The summed E-state index contributed by atoms with van der Waals surface area (Å²) in [5.41, 5.74) is 5.25. The molecule has 1 atom stereocenters. The van der Waals surface area contributed by atoms with Crippen LogP contribution >= 0.6 is 38.5 Å². The van der Waals surface area contributed by atoms with Crippen molar-refractivity contribution in [2.24, 2.45) is 5.73 Å². The van der Waals surface area contributed by atoms with Gasteiger partial charge in [-0.2, -0.15) is 13.2 Å². The van der Waals surface area contributed by atoms with Gasteiger partial charge in [0.25, 0.3) is 0 Å². The van der Waals surface area contributed by atoms with Crippen LogP contribution in [0.15, 0.2) is 28.7 Å². The van der Waals surface area contributed by atoms with E-state index in [1.165, 1.54) is 46.9 Å². The van der Waals surface area contributed by atoms with Crippen LogP contribution in [0.1, 0.15) is 5.56 Å². The van der Waals surface area contributed by atoms with Crippen molar-refractivity contribution in [2.75, 3.05) is 0 Å². The average molecular weight is 380 g/mol. The third kappa shape index (κ3) is 2.40. The van der Waals surface area contributed by atoms with Crippen LogP contribution in [-0.2, 0) is 3.55 Å². The molecule has 14 heavy (non-hydrogen) atoms. The summed E-state index contributed by atoms with van der Waals surface area (Å²) in [5, 5.41) is 0. The monoisotopic (exact) mass is 379 g/mol. The molecule has 0 amide bonds. The highest BCUT2D eigenvalue weighted by molar-refractivity contribution is 14.1. The van der Waals surface area contributed by atoms with Crippen molar-refractivity contribution in [1.29, 1.82) is 0 Å². The number of nitrogens with two attached hydrogens (primary N) is 1. The minimum atomic E-state index is -4.46. The third-order valence-corrected chi connectivity index (χ3v) is 3.44. The van der Waals surface area contributed by atoms with Gasteiger partial charge in [0.2, 0.25) is 0 Å². The Morgan fingerprint density at radius 1 is 1.14 bits per heavy atom. The van der Waals surface area contributed by atoms with Gasteiger partial charge in [-0.1, -0.05) is 28.1 Å². The summed E-state index contributed by atoms with van der Waals surface area (Å²) in [5.74, 6) is 0. The van der Waals surface area contributed by atoms with E-state index in [0.717, 1.165) is 4.47 Å². The fourth-order valence-electron chi connectivity index (χ4n) is 0.856. The van der Waals surface area contributed by atoms with Crippen LogP contribution in [0.3, 0.4) is 0 Å². The highest BCUT2D eigenvalue weighted by atomic mass is 127. The molecule has 0 aliphatic heterocycles. The molecule has 0 radical (unpaired) electrons. The lowest BCUT2D eigenvalue weighted by Gasteiger charge is -2.25. The smallest absolute Gasteiger partial charge is 0.306 e. The lowest BCUT2D eigenvalue weighted by molar-refractivity contribution is -0.155. The van der Waals surface area contributed by atoms with E-state index in [9.17, 15) is 13.2 Å². The fraction of sp³-hybridized carbons (Fsp3) is 0.250. The quantitative estimate of drug-likeness (QED) is 0.450. The average Bonchev–Trinajstić information content (AvgIpc) is 2.03. The molecule has 0 aliphatic carbocycles. The molecule has 0 bridgehead atoms. The Bertz CT molecular complexity index is 320. The number of rotatable bonds is 1. The number of benzene rings is 1. The van der Waals surface area contributed by atoms with Crippen LogP contribution in [0.5, 0.6) is 0 Å². The summed E-state index contributed by atoms with van der Waals surface area (Å²) in [7, 11) is 0. The maximum Gasteiger partial charge on any atom is 0.419 e. The first-order valence-corrected chi connectivity index (χ1v) is 5.43. The zero-order chi connectivity index (χ0) is 11.0. The Morgan fingerprint density at radius 3 is 1.93 bits per heavy atom. The van der Waals surface area contributed by atoms with E-state index in [-0.39, 0.29) is 5.56 Å². The van der Waals surface area contributed by atoms with Crippen molar-refractivity contribution in [1.82, 2.24) is 0 Å². The Kier molecular flexibility index (Phi) is 3.48. The normalized spacial score (nSPS) is 16.4. The van der Waals surface area contributed by atoms with E-state index >= 15 is 0 Å². The van der Waals surface area contributed by atoms with Crippen molar-refractivity contribution < 1.29 is 13.2 Å². The maximum absolute atomic E-state index is 12.5. The Morgan fingerprint density at radius 2 is 1.57 bits per heavy atom. The van der Waals surface area contributed by atoms with E-state index in [2.05, 4.69) is 15.9 Å². The topological polar surface area (TPSA) is 26.0 Å². The highest BCUT2D eigenvalue weighted by Crippen LogP contribution is 2.42. The van der Waals surface area contributed by atoms with Crippen LogP contribution in [0.25, 0.3) is 0 Å². The second-order valence-corrected chi connectivity index (χ2v) is 5.33. The first-order valence-electron chi connectivity index (χ1n) is 3.55. The molecule has 1 aromatic rings. The zero-order valence-electron chi connectivity index (χ0n) is 6.78. The van der Waals surface area contributed by atoms with Crippen LogP contribution < -0.4 is 5.73 Å². The van der Waals surface area contributed by atoms with E-state index in [4.69, 9.17) is 5.73 Å². The van der Waals surface area contributed by atoms with Crippen molar-refractivity contribution in [3.63, 3.8) is 0 Å². The summed E-state index contributed by atoms with van der Waals surface area (Å²) in [6.07, 6.45) is -4.46. The highest BCUT2D eigenvalue weighted by Gasteiger charge is 2.51. The lowest BCUT2D eigenvalue weighted by atomic mass is 10.1. The molecule has 1 aromatic carbocycles. The van der Waals surface area contributed by atoms with E-state index in [1.54, 1.807) is 0 Å². The largest absolute Gasteiger partial charge is 0.419 e. The number of hydrogen-bond acceptors (Lipinski definition) is 1. The number of alkyl halides is 4. The molecule has 0 saturated carbocycles. The molecule has 0 unspecified atom stereocenters. The second-order valence-electron chi connectivity index (χ2n) is 2.72. The lowest BCUT2D eigenvalue weighted by Crippen LogP contribution is -2.44. The molecule has 0 saturated heterocycles. The molecule has 0 aromatic heterocycles. The van der Waals surface area contributed by atoms with Gasteiger partial charge in [0.1, 0.15) is 0 Å². The van der Waals surface area contributed by atoms with Gasteiger partial charge in [-0.15, -0.1) is 0 Å². The molecular formula is C8H6BrF3IN. The van der Waals surface area contributed by atoms with Crippen molar-refractivity contribution in [3.8, 4) is 0 Å². The Hall–Kier alpha value is 0.180. The molecule has 1 rings (SSSR count). The van der Waals surface area contributed by atoms with E-state index < -0.39 is 9.72 Å². The van der Waals surface area contributed by atoms with Crippen LogP contribution in [-0.4, -0.2) is 6.18 Å². The molecule has 0 fully saturated rings. The molecule has 78 valence electrons. The summed E-state index contributed by atoms with van der Waals surface area (Å²) >= 11 is 4.34. The summed E-state index contributed by atoms with van der Waals surface area (Å²) < 4.78 is 35.8. The minimum absolute atomic E-state index is 0.0359. The molecule has 0 heterocycles. The van der Waals surface area contributed by atoms with Crippen LogP contribution in [0.4, 0.5) is 13.2 Å². The second kappa shape index (κ2) is 3.97. The molecular weight excluding hydrogens is 374 g/mol. The fourth-order valence-corrected chi connectivity index (χ4v) is 1.48. The summed E-state index contributed by atoms with van der Waals surface area (Å²) in [4.78, 5) is 0. The van der Waals surface area contributed by atoms with Crippen LogP contribution in [0.2, 0.25) is 0 Å². The molecule has 2 N–H and O–H groups in total. The Labute approximate surface area is 101 Å². The summed E-state index contributed by atoms with van der Waals surface area (Å²) in [6.45, 7) is 0. The van der Waals surface area contributed by atoms with Gasteiger partial charge in [0.15, 0.2) is 3.55 Å². The molecule has 0 spiro atoms. The van der Waals surface area contributed by atoms with Gasteiger partial charge in [-0.25, -0.2) is 0 Å². The van der Waals surface area contributed by atoms with Crippen molar-refractivity contribution in [3.05, 3.63) is 34.3 Å².